The quantitative estimate of drug-likeness (QED) is 0.941. The van der Waals surface area contributed by atoms with Gasteiger partial charge in [0.1, 0.15) is 6.04 Å². The maximum Gasteiger partial charge on any atom is 0.243 e. The Morgan fingerprint density at radius 2 is 1.96 bits per heavy atom. The average Bonchev–Trinajstić information content (AvgIpc) is 2.98. The molecule has 0 spiro atoms. The molecule has 0 radical (unpaired) electrons. The minimum atomic E-state index is -0.459. The molecular formula is C20H22N2O2. The number of carbonyl (C=O) groups is 2. The second kappa shape index (κ2) is 6.87. The molecule has 1 aliphatic heterocycles. The normalized spacial score (nSPS) is 15.9. The molecule has 0 bridgehead atoms. The molecule has 3 rings (SSSR count). The van der Waals surface area contributed by atoms with Gasteiger partial charge in [-0.2, -0.15) is 0 Å². The zero-order valence-electron chi connectivity index (χ0n) is 14.1. The van der Waals surface area contributed by atoms with Crippen LogP contribution in [0.25, 0.3) is 0 Å². The van der Waals surface area contributed by atoms with Crippen LogP contribution in [0.2, 0.25) is 0 Å². The van der Waals surface area contributed by atoms with Crippen LogP contribution in [0.4, 0.5) is 5.69 Å². The molecule has 2 aromatic carbocycles. The first-order valence-electron chi connectivity index (χ1n) is 8.33. The van der Waals surface area contributed by atoms with Gasteiger partial charge in [-0.25, -0.2) is 0 Å². The number of para-hydroxylation sites is 1. The van der Waals surface area contributed by atoms with E-state index < -0.39 is 6.04 Å². The lowest BCUT2D eigenvalue weighted by Crippen LogP contribution is -2.47. The maximum absolute atomic E-state index is 12.7. The highest BCUT2D eigenvalue weighted by Crippen LogP contribution is 2.32. The van der Waals surface area contributed by atoms with Crippen LogP contribution < -0.4 is 10.2 Å². The number of hydrogen-bond donors (Lipinski definition) is 1. The Kier molecular flexibility index (Phi) is 4.65. The maximum atomic E-state index is 12.7. The second-order valence-electron chi connectivity index (χ2n) is 6.17. The van der Waals surface area contributed by atoms with E-state index in [0.717, 1.165) is 22.4 Å². The van der Waals surface area contributed by atoms with E-state index in [1.54, 1.807) is 4.90 Å². The molecule has 2 amide bonds. The number of nitrogens with one attached hydrogen (secondary N) is 1. The number of anilines is 1. The summed E-state index contributed by atoms with van der Waals surface area (Å²) in [5, 5.41) is 2.98. The molecule has 4 nitrogen and oxygen atoms in total. The Morgan fingerprint density at radius 1 is 1.17 bits per heavy atom. The van der Waals surface area contributed by atoms with Gasteiger partial charge in [-0.3, -0.25) is 14.5 Å². The van der Waals surface area contributed by atoms with E-state index in [0.29, 0.717) is 19.4 Å². The summed E-state index contributed by atoms with van der Waals surface area (Å²) >= 11 is 0. The smallest absolute Gasteiger partial charge is 0.243 e. The summed E-state index contributed by atoms with van der Waals surface area (Å²) in [4.78, 5) is 26.7. The predicted octanol–water partition coefficient (Wildman–Crippen LogP) is 2.98. The molecule has 124 valence electrons. The number of benzene rings is 2. The monoisotopic (exact) mass is 322 g/mol. The lowest BCUT2D eigenvalue weighted by molar-refractivity contribution is -0.126. The van der Waals surface area contributed by atoms with Crippen LogP contribution in [0.15, 0.2) is 48.5 Å². The Hall–Kier alpha value is -2.62. The fourth-order valence-electron chi connectivity index (χ4n) is 3.20. The molecule has 1 unspecified atom stereocenters. The van der Waals surface area contributed by atoms with Crippen molar-refractivity contribution >= 4 is 17.5 Å². The van der Waals surface area contributed by atoms with Crippen LogP contribution in [0, 0.1) is 6.92 Å². The first-order valence-corrected chi connectivity index (χ1v) is 8.33. The van der Waals surface area contributed by atoms with Crippen LogP contribution in [-0.4, -0.2) is 17.9 Å². The van der Waals surface area contributed by atoms with Gasteiger partial charge in [0, 0.05) is 25.1 Å². The summed E-state index contributed by atoms with van der Waals surface area (Å²) in [6.45, 7) is 4.33. The van der Waals surface area contributed by atoms with E-state index in [4.69, 9.17) is 0 Å². The van der Waals surface area contributed by atoms with Gasteiger partial charge in [0.05, 0.1) is 0 Å². The van der Waals surface area contributed by atoms with Crippen molar-refractivity contribution in [2.24, 2.45) is 0 Å². The van der Waals surface area contributed by atoms with Crippen molar-refractivity contribution in [3.8, 4) is 0 Å². The van der Waals surface area contributed by atoms with Crippen molar-refractivity contribution in [2.75, 3.05) is 4.90 Å². The summed E-state index contributed by atoms with van der Waals surface area (Å²) in [6.07, 6.45) is 0.956. The zero-order valence-corrected chi connectivity index (χ0v) is 14.1. The van der Waals surface area contributed by atoms with Crippen molar-refractivity contribution in [2.45, 2.75) is 39.3 Å². The number of aryl methyl sites for hydroxylation is 1. The van der Waals surface area contributed by atoms with Crippen LogP contribution >= 0.6 is 0 Å². The van der Waals surface area contributed by atoms with E-state index >= 15 is 0 Å². The number of nitrogens with zero attached hydrogens (tertiary/aromatic N) is 1. The van der Waals surface area contributed by atoms with E-state index in [-0.39, 0.29) is 11.8 Å². The van der Waals surface area contributed by atoms with Gasteiger partial charge < -0.3 is 5.32 Å². The fraction of sp³-hybridized carbons (Fsp3) is 0.300. The van der Waals surface area contributed by atoms with Gasteiger partial charge in [0.2, 0.25) is 11.8 Å². The zero-order chi connectivity index (χ0) is 17.1. The van der Waals surface area contributed by atoms with Crippen molar-refractivity contribution in [1.82, 2.24) is 5.32 Å². The standard InChI is InChI=1S/C20H22N2O2/c1-3-19(23)22-17-10-5-4-9-16(17)12-18(22)20(24)21-13-15-8-6-7-14(2)11-15/h4-11,18H,3,12-13H2,1-2H3,(H,21,24). The summed E-state index contributed by atoms with van der Waals surface area (Å²) < 4.78 is 0. The van der Waals surface area contributed by atoms with E-state index in [2.05, 4.69) is 11.4 Å². The number of amides is 2. The highest BCUT2D eigenvalue weighted by molar-refractivity contribution is 6.03. The van der Waals surface area contributed by atoms with Crippen molar-refractivity contribution < 1.29 is 9.59 Å². The van der Waals surface area contributed by atoms with E-state index in [9.17, 15) is 9.59 Å². The van der Waals surface area contributed by atoms with Crippen LogP contribution in [0.5, 0.6) is 0 Å². The fourth-order valence-corrected chi connectivity index (χ4v) is 3.20. The Balaban J connectivity index is 1.75. The molecule has 1 heterocycles. The third-order valence-electron chi connectivity index (χ3n) is 4.40. The minimum Gasteiger partial charge on any atom is -0.350 e. The molecule has 1 atom stereocenters. The lowest BCUT2D eigenvalue weighted by Gasteiger charge is -2.24. The molecular weight excluding hydrogens is 300 g/mol. The van der Waals surface area contributed by atoms with Gasteiger partial charge in [0.15, 0.2) is 0 Å². The Labute approximate surface area is 142 Å². The second-order valence-corrected chi connectivity index (χ2v) is 6.17. The molecule has 0 aliphatic carbocycles. The Morgan fingerprint density at radius 3 is 2.71 bits per heavy atom. The highest BCUT2D eigenvalue weighted by Gasteiger charge is 2.37. The molecule has 0 saturated heterocycles. The molecule has 0 aromatic heterocycles. The van der Waals surface area contributed by atoms with Crippen LogP contribution in [-0.2, 0) is 22.6 Å². The summed E-state index contributed by atoms with van der Waals surface area (Å²) in [5.41, 5.74) is 4.14. The third kappa shape index (κ3) is 3.18. The lowest BCUT2D eigenvalue weighted by atomic mass is 10.1. The Bertz CT molecular complexity index is 770. The summed E-state index contributed by atoms with van der Waals surface area (Å²) in [6, 6.07) is 15.3. The molecule has 2 aromatic rings. The number of hydrogen-bond acceptors (Lipinski definition) is 2. The number of fused-ring (bicyclic) bond motifs is 1. The first kappa shape index (κ1) is 16.2. The summed E-state index contributed by atoms with van der Waals surface area (Å²) in [5.74, 6) is -0.120. The van der Waals surface area contributed by atoms with E-state index in [1.165, 1.54) is 0 Å². The van der Waals surface area contributed by atoms with Crippen LogP contribution in [0.3, 0.4) is 0 Å². The van der Waals surface area contributed by atoms with E-state index in [1.807, 2.05) is 56.3 Å². The third-order valence-corrected chi connectivity index (χ3v) is 4.40. The van der Waals surface area contributed by atoms with Crippen molar-refractivity contribution in [3.63, 3.8) is 0 Å². The highest BCUT2D eigenvalue weighted by atomic mass is 16.2. The molecule has 1 aliphatic rings. The topological polar surface area (TPSA) is 49.4 Å². The minimum absolute atomic E-state index is 0.0179. The number of carbonyl (C=O) groups excluding carboxylic acids is 2. The van der Waals surface area contributed by atoms with Gasteiger partial charge in [-0.1, -0.05) is 55.0 Å². The van der Waals surface area contributed by atoms with Gasteiger partial charge in [0.25, 0.3) is 0 Å². The summed E-state index contributed by atoms with van der Waals surface area (Å²) in [7, 11) is 0. The largest absolute Gasteiger partial charge is 0.350 e. The van der Waals surface area contributed by atoms with Gasteiger partial charge in [-0.15, -0.1) is 0 Å². The molecule has 0 saturated carbocycles. The van der Waals surface area contributed by atoms with Crippen molar-refractivity contribution in [1.29, 1.82) is 0 Å². The predicted molar refractivity (Wildman–Crippen MR) is 94.7 cm³/mol. The SMILES string of the molecule is CCC(=O)N1c2ccccc2CC1C(=O)NCc1cccc(C)c1. The first-order chi connectivity index (χ1) is 11.6. The van der Waals surface area contributed by atoms with Crippen molar-refractivity contribution in [3.05, 3.63) is 65.2 Å². The molecule has 4 heteroatoms. The van der Waals surface area contributed by atoms with Gasteiger partial charge >= 0.3 is 0 Å². The van der Waals surface area contributed by atoms with Crippen LogP contribution in [0.1, 0.15) is 30.0 Å². The molecule has 24 heavy (non-hydrogen) atoms. The average molecular weight is 322 g/mol. The number of rotatable bonds is 4. The van der Waals surface area contributed by atoms with Gasteiger partial charge in [-0.05, 0) is 24.1 Å². The molecule has 0 fully saturated rings. The molecule has 1 N–H and O–H groups in total.